The Morgan fingerprint density at radius 1 is 1.12 bits per heavy atom. The van der Waals surface area contributed by atoms with Crippen molar-refractivity contribution in [3.8, 4) is 0 Å². The summed E-state index contributed by atoms with van der Waals surface area (Å²) in [5, 5.41) is 10.4. The van der Waals surface area contributed by atoms with E-state index in [1.165, 1.54) is 31.2 Å². The predicted molar refractivity (Wildman–Crippen MR) is 69.8 cm³/mol. The Bertz CT molecular complexity index is 372. The van der Waals surface area contributed by atoms with Crippen LogP contribution in [0.5, 0.6) is 0 Å². The number of rotatable bonds is 3. The highest BCUT2D eigenvalue weighted by atomic mass is 16.3. The molecule has 1 nitrogen and oxygen atoms in total. The molecule has 2 fully saturated rings. The summed E-state index contributed by atoms with van der Waals surface area (Å²) in [6.45, 7) is 2.31. The van der Waals surface area contributed by atoms with Crippen molar-refractivity contribution >= 4 is 0 Å². The SMILES string of the molecule is CC1CCC(C(O)C2CC2c2ccccc2)C1. The molecule has 2 aliphatic rings. The number of aliphatic hydroxyl groups excluding tert-OH is 1. The zero-order valence-corrected chi connectivity index (χ0v) is 10.5. The lowest BCUT2D eigenvalue weighted by molar-refractivity contribution is 0.0857. The number of hydrogen-bond acceptors (Lipinski definition) is 1. The summed E-state index contributed by atoms with van der Waals surface area (Å²) in [4.78, 5) is 0. The summed E-state index contributed by atoms with van der Waals surface area (Å²) in [5.74, 6) is 2.56. The third-order valence-electron chi connectivity index (χ3n) is 4.72. The van der Waals surface area contributed by atoms with E-state index in [-0.39, 0.29) is 6.10 Å². The highest BCUT2D eigenvalue weighted by Gasteiger charge is 2.46. The standard InChI is InChI=1S/C16H22O/c1-11-7-8-13(9-11)16(17)15-10-14(15)12-5-3-2-4-6-12/h2-6,11,13-17H,7-10H2,1H3. The second-order valence-electron chi connectivity index (χ2n) is 6.09. The smallest absolute Gasteiger partial charge is 0.0602 e. The normalized spacial score (nSPS) is 38.0. The van der Waals surface area contributed by atoms with Crippen LogP contribution in [0.4, 0.5) is 0 Å². The maximum Gasteiger partial charge on any atom is 0.0602 e. The first-order valence-electron chi connectivity index (χ1n) is 6.98. The first-order chi connectivity index (χ1) is 8.25. The molecule has 2 saturated carbocycles. The highest BCUT2D eigenvalue weighted by Crippen LogP contribution is 2.52. The van der Waals surface area contributed by atoms with Crippen molar-refractivity contribution < 1.29 is 5.11 Å². The summed E-state index contributed by atoms with van der Waals surface area (Å²) in [6.07, 6.45) is 4.92. The van der Waals surface area contributed by atoms with Crippen LogP contribution in [0.25, 0.3) is 0 Å². The number of benzene rings is 1. The van der Waals surface area contributed by atoms with E-state index in [1.807, 2.05) is 0 Å². The maximum absolute atomic E-state index is 10.4. The molecule has 17 heavy (non-hydrogen) atoms. The first kappa shape index (κ1) is 11.3. The summed E-state index contributed by atoms with van der Waals surface area (Å²) >= 11 is 0. The molecular weight excluding hydrogens is 208 g/mol. The minimum Gasteiger partial charge on any atom is -0.393 e. The van der Waals surface area contributed by atoms with Crippen LogP contribution in [0.1, 0.15) is 44.1 Å². The van der Waals surface area contributed by atoms with Gasteiger partial charge in [0.1, 0.15) is 0 Å². The molecule has 0 saturated heterocycles. The molecule has 5 unspecified atom stereocenters. The third-order valence-corrected chi connectivity index (χ3v) is 4.72. The molecule has 3 rings (SSSR count). The van der Waals surface area contributed by atoms with E-state index in [4.69, 9.17) is 0 Å². The fourth-order valence-electron chi connectivity index (χ4n) is 3.59. The molecule has 92 valence electrons. The Hall–Kier alpha value is -0.820. The van der Waals surface area contributed by atoms with Crippen molar-refractivity contribution in [2.45, 2.75) is 44.6 Å². The molecular formula is C16H22O. The van der Waals surface area contributed by atoms with Crippen molar-refractivity contribution in [3.63, 3.8) is 0 Å². The Kier molecular flexibility index (Phi) is 2.96. The van der Waals surface area contributed by atoms with Crippen LogP contribution in [0, 0.1) is 17.8 Å². The molecule has 1 N–H and O–H groups in total. The monoisotopic (exact) mass is 230 g/mol. The summed E-state index contributed by atoms with van der Waals surface area (Å²) in [7, 11) is 0. The quantitative estimate of drug-likeness (QED) is 0.841. The summed E-state index contributed by atoms with van der Waals surface area (Å²) in [6, 6.07) is 10.7. The van der Waals surface area contributed by atoms with Gasteiger partial charge in [-0.2, -0.15) is 0 Å². The lowest BCUT2D eigenvalue weighted by Crippen LogP contribution is -2.21. The van der Waals surface area contributed by atoms with Crippen LogP contribution < -0.4 is 0 Å². The number of hydrogen-bond donors (Lipinski definition) is 1. The molecule has 1 heteroatoms. The van der Waals surface area contributed by atoms with Gasteiger partial charge in [-0.3, -0.25) is 0 Å². The Labute approximate surface area is 104 Å². The van der Waals surface area contributed by atoms with E-state index in [0.29, 0.717) is 17.8 Å². The van der Waals surface area contributed by atoms with Crippen molar-refractivity contribution in [3.05, 3.63) is 35.9 Å². The van der Waals surface area contributed by atoms with Gasteiger partial charge in [0.25, 0.3) is 0 Å². The van der Waals surface area contributed by atoms with Gasteiger partial charge in [0.15, 0.2) is 0 Å². The van der Waals surface area contributed by atoms with Crippen LogP contribution in [-0.4, -0.2) is 11.2 Å². The van der Waals surface area contributed by atoms with Gasteiger partial charge in [-0.15, -0.1) is 0 Å². The van der Waals surface area contributed by atoms with Gasteiger partial charge in [-0.25, -0.2) is 0 Å². The first-order valence-corrected chi connectivity index (χ1v) is 6.98. The summed E-state index contributed by atoms with van der Waals surface area (Å²) < 4.78 is 0. The largest absolute Gasteiger partial charge is 0.393 e. The summed E-state index contributed by atoms with van der Waals surface area (Å²) in [5.41, 5.74) is 1.42. The van der Waals surface area contributed by atoms with Crippen LogP contribution >= 0.6 is 0 Å². The molecule has 5 atom stereocenters. The Morgan fingerprint density at radius 2 is 1.88 bits per heavy atom. The van der Waals surface area contributed by atoms with Gasteiger partial charge in [-0.1, -0.05) is 43.7 Å². The van der Waals surface area contributed by atoms with Crippen molar-refractivity contribution in [1.29, 1.82) is 0 Å². The molecule has 0 aliphatic heterocycles. The molecule has 0 radical (unpaired) electrons. The molecule has 0 heterocycles. The van der Waals surface area contributed by atoms with Gasteiger partial charge in [0, 0.05) is 0 Å². The average molecular weight is 230 g/mol. The zero-order chi connectivity index (χ0) is 11.8. The Morgan fingerprint density at radius 3 is 2.53 bits per heavy atom. The van der Waals surface area contributed by atoms with Crippen molar-refractivity contribution in [2.75, 3.05) is 0 Å². The Balaban J connectivity index is 1.61. The maximum atomic E-state index is 10.4. The molecule has 0 aromatic heterocycles. The van der Waals surface area contributed by atoms with Gasteiger partial charge in [0.05, 0.1) is 6.10 Å². The predicted octanol–water partition coefficient (Wildman–Crippen LogP) is 3.59. The van der Waals surface area contributed by atoms with E-state index in [2.05, 4.69) is 37.3 Å². The molecule has 0 spiro atoms. The van der Waals surface area contributed by atoms with Gasteiger partial charge >= 0.3 is 0 Å². The topological polar surface area (TPSA) is 20.2 Å². The second kappa shape index (κ2) is 4.45. The van der Waals surface area contributed by atoms with Crippen molar-refractivity contribution in [2.24, 2.45) is 17.8 Å². The van der Waals surface area contributed by atoms with E-state index in [9.17, 15) is 5.11 Å². The third kappa shape index (κ3) is 2.26. The van der Waals surface area contributed by atoms with Crippen molar-refractivity contribution in [1.82, 2.24) is 0 Å². The van der Waals surface area contributed by atoms with E-state index in [0.717, 1.165) is 5.92 Å². The molecule has 1 aromatic carbocycles. The number of aliphatic hydroxyl groups is 1. The fraction of sp³-hybridized carbons (Fsp3) is 0.625. The van der Waals surface area contributed by atoms with Crippen LogP contribution in [0.15, 0.2) is 30.3 Å². The van der Waals surface area contributed by atoms with E-state index < -0.39 is 0 Å². The van der Waals surface area contributed by atoms with Gasteiger partial charge in [0.2, 0.25) is 0 Å². The van der Waals surface area contributed by atoms with Gasteiger partial charge < -0.3 is 5.11 Å². The minimum absolute atomic E-state index is 0.0508. The van der Waals surface area contributed by atoms with E-state index in [1.54, 1.807) is 0 Å². The van der Waals surface area contributed by atoms with Crippen LogP contribution in [-0.2, 0) is 0 Å². The fourth-order valence-corrected chi connectivity index (χ4v) is 3.59. The van der Waals surface area contributed by atoms with E-state index >= 15 is 0 Å². The zero-order valence-electron chi connectivity index (χ0n) is 10.5. The molecule has 0 amide bonds. The molecule has 0 bridgehead atoms. The van der Waals surface area contributed by atoms with Gasteiger partial charge in [-0.05, 0) is 48.5 Å². The highest BCUT2D eigenvalue weighted by molar-refractivity contribution is 5.26. The lowest BCUT2D eigenvalue weighted by Gasteiger charge is -2.18. The van der Waals surface area contributed by atoms with Crippen LogP contribution in [0.2, 0.25) is 0 Å². The molecule has 1 aromatic rings. The lowest BCUT2D eigenvalue weighted by atomic mass is 9.94. The average Bonchev–Trinajstić information content (AvgIpc) is 3.05. The minimum atomic E-state index is -0.0508. The van der Waals surface area contributed by atoms with Crippen LogP contribution in [0.3, 0.4) is 0 Å². The second-order valence-corrected chi connectivity index (χ2v) is 6.09. The molecule has 2 aliphatic carbocycles.